The van der Waals surface area contributed by atoms with Gasteiger partial charge in [0.05, 0.1) is 0 Å². The highest BCUT2D eigenvalue weighted by Crippen LogP contribution is 2.51. The first-order chi connectivity index (χ1) is 10.2. The lowest BCUT2D eigenvalue weighted by Gasteiger charge is -2.32. The molecule has 1 amide bonds. The van der Waals surface area contributed by atoms with Crippen molar-refractivity contribution >= 4 is 11.6 Å². The lowest BCUT2D eigenvalue weighted by Crippen LogP contribution is -2.57. The molecule has 4 nitrogen and oxygen atoms in total. The van der Waals surface area contributed by atoms with Crippen LogP contribution >= 0.6 is 0 Å². The van der Waals surface area contributed by atoms with Crippen molar-refractivity contribution in [1.82, 2.24) is 5.01 Å². The fraction of sp³-hybridized carbons (Fsp3) is 0.467. The normalized spacial score (nSPS) is 31.1. The zero-order valence-electron chi connectivity index (χ0n) is 11.8. The topological polar surface area (TPSA) is 52.9 Å². The molecule has 1 aromatic carbocycles. The molecule has 3 rings (SSSR count). The maximum atomic E-state index is 13.1. The number of hydrogen-bond donors (Lipinski definition) is 1. The third-order valence-corrected chi connectivity index (χ3v) is 4.12. The molecule has 0 unspecified atom stereocenters. The number of carbonyl (C=O) groups excluding carboxylic acids is 1. The summed E-state index contributed by atoms with van der Waals surface area (Å²) < 4.78 is 39.3. The highest BCUT2D eigenvalue weighted by Gasteiger charge is 2.64. The molecular formula is C15H15F3N2O2. The van der Waals surface area contributed by atoms with E-state index in [1.807, 2.05) is 30.3 Å². The van der Waals surface area contributed by atoms with E-state index in [2.05, 4.69) is 5.10 Å². The van der Waals surface area contributed by atoms with Crippen molar-refractivity contribution in [3.63, 3.8) is 0 Å². The summed E-state index contributed by atoms with van der Waals surface area (Å²) in [7, 11) is 0. The number of halogens is 3. The van der Waals surface area contributed by atoms with Crippen molar-refractivity contribution in [2.75, 3.05) is 0 Å². The number of amides is 1. The fourth-order valence-corrected chi connectivity index (χ4v) is 2.87. The quantitative estimate of drug-likeness (QED) is 0.913. The molecule has 22 heavy (non-hydrogen) atoms. The minimum Gasteiger partial charge on any atom is -0.362 e. The second kappa shape index (κ2) is 4.81. The van der Waals surface area contributed by atoms with E-state index >= 15 is 0 Å². The van der Waals surface area contributed by atoms with E-state index in [1.54, 1.807) is 0 Å². The van der Waals surface area contributed by atoms with E-state index < -0.39 is 30.1 Å². The van der Waals surface area contributed by atoms with Crippen LogP contribution in [0.1, 0.15) is 31.2 Å². The molecule has 7 heteroatoms. The summed E-state index contributed by atoms with van der Waals surface area (Å²) in [6, 6.07) is 9.15. The fourth-order valence-electron chi connectivity index (χ4n) is 2.87. The molecule has 1 saturated carbocycles. The number of hydrogen-bond acceptors (Lipinski definition) is 3. The Labute approximate surface area is 125 Å². The number of rotatable bonds is 2. The smallest absolute Gasteiger partial charge is 0.362 e. The van der Waals surface area contributed by atoms with Crippen molar-refractivity contribution in [3.05, 3.63) is 35.9 Å². The van der Waals surface area contributed by atoms with Gasteiger partial charge in [0.25, 0.3) is 5.72 Å². The van der Waals surface area contributed by atoms with E-state index in [-0.39, 0.29) is 16.6 Å². The third kappa shape index (κ3) is 2.29. The van der Waals surface area contributed by atoms with Gasteiger partial charge in [0.15, 0.2) is 0 Å². The van der Waals surface area contributed by atoms with E-state index in [4.69, 9.17) is 0 Å². The van der Waals surface area contributed by atoms with Crippen LogP contribution in [0.25, 0.3) is 0 Å². The molecule has 1 aliphatic carbocycles. The van der Waals surface area contributed by atoms with Crippen LogP contribution in [0.15, 0.2) is 35.4 Å². The SMILES string of the molecule is CC1=NN(C(=O)[C@@H]2C[C@@H]2c2ccccc2)[C@](O)(C(F)(F)F)C1. The van der Waals surface area contributed by atoms with Gasteiger partial charge in [0, 0.05) is 18.1 Å². The van der Waals surface area contributed by atoms with Crippen LogP contribution in [0.5, 0.6) is 0 Å². The number of alkyl halides is 3. The maximum absolute atomic E-state index is 13.1. The third-order valence-electron chi connectivity index (χ3n) is 4.12. The van der Waals surface area contributed by atoms with Crippen molar-refractivity contribution in [2.45, 2.75) is 37.6 Å². The molecule has 1 aromatic rings. The molecule has 0 spiro atoms. The lowest BCUT2D eigenvalue weighted by atomic mass is 10.1. The van der Waals surface area contributed by atoms with E-state index in [9.17, 15) is 23.1 Å². The van der Waals surface area contributed by atoms with Crippen LogP contribution in [0, 0.1) is 5.92 Å². The van der Waals surface area contributed by atoms with E-state index in [0.29, 0.717) is 6.42 Å². The van der Waals surface area contributed by atoms with Crippen LogP contribution in [-0.2, 0) is 4.79 Å². The zero-order valence-corrected chi connectivity index (χ0v) is 11.8. The van der Waals surface area contributed by atoms with Crippen LogP contribution in [0.3, 0.4) is 0 Å². The molecule has 1 heterocycles. The molecule has 1 fully saturated rings. The molecular weight excluding hydrogens is 297 g/mol. The predicted octanol–water partition coefficient (Wildman–Crippen LogP) is 2.65. The summed E-state index contributed by atoms with van der Waals surface area (Å²) in [6.07, 6.45) is -5.17. The van der Waals surface area contributed by atoms with Crippen molar-refractivity contribution in [3.8, 4) is 0 Å². The molecule has 118 valence electrons. The Hall–Kier alpha value is -1.89. The van der Waals surface area contributed by atoms with Crippen LogP contribution in [0.2, 0.25) is 0 Å². The maximum Gasteiger partial charge on any atom is 0.438 e. The van der Waals surface area contributed by atoms with Gasteiger partial charge in [-0.1, -0.05) is 30.3 Å². The Morgan fingerprint density at radius 3 is 2.59 bits per heavy atom. The first kappa shape index (κ1) is 15.0. The molecule has 0 aromatic heterocycles. The zero-order chi connectivity index (χ0) is 16.1. The Morgan fingerprint density at radius 1 is 1.36 bits per heavy atom. The standard InChI is InChI=1S/C15H15F3N2O2/c1-9-8-14(22,15(16,17)18)20(19-9)13(21)12-7-11(12)10-5-3-2-4-6-10/h2-6,11-12,22H,7-8H2,1H3/t11-,12-,14-/m1/s1. The Balaban J connectivity index is 1.81. The van der Waals surface area contributed by atoms with Crippen LogP contribution < -0.4 is 0 Å². The molecule has 0 saturated heterocycles. The summed E-state index contributed by atoms with van der Waals surface area (Å²) >= 11 is 0. The van der Waals surface area contributed by atoms with Gasteiger partial charge in [0.2, 0.25) is 5.91 Å². The van der Waals surface area contributed by atoms with Gasteiger partial charge in [0.1, 0.15) is 0 Å². The highest BCUT2D eigenvalue weighted by atomic mass is 19.4. The molecule has 0 radical (unpaired) electrons. The van der Waals surface area contributed by atoms with Crippen molar-refractivity contribution in [2.24, 2.45) is 11.0 Å². The van der Waals surface area contributed by atoms with Gasteiger partial charge in [-0.05, 0) is 24.8 Å². The molecule has 1 N–H and O–H groups in total. The van der Waals surface area contributed by atoms with Crippen LogP contribution in [0.4, 0.5) is 13.2 Å². The summed E-state index contributed by atoms with van der Waals surface area (Å²) in [5.41, 5.74) is -2.22. The van der Waals surface area contributed by atoms with Gasteiger partial charge in [-0.2, -0.15) is 23.3 Å². The van der Waals surface area contributed by atoms with Gasteiger partial charge in [-0.3, -0.25) is 4.79 Å². The Bertz CT molecular complexity index is 629. The van der Waals surface area contributed by atoms with Crippen LogP contribution in [-0.4, -0.2) is 33.6 Å². The second-order valence-corrected chi connectivity index (χ2v) is 5.84. The minimum absolute atomic E-state index is 0.0880. The number of aliphatic hydroxyl groups is 1. The Kier molecular flexibility index (Phi) is 3.28. The summed E-state index contributed by atoms with van der Waals surface area (Å²) in [5.74, 6) is -1.45. The molecule has 2 aliphatic rings. The largest absolute Gasteiger partial charge is 0.438 e. The summed E-state index contributed by atoms with van der Waals surface area (Å²) in [5, 5.41) is 13.8. The minimum atomic E-state index is -4.94. The van der Waals surface area contributed by atoms with E-state index in [0.717, 1.165) is 5.56 Å². The molecule has 1 aliphatic heterocycles. The Morgan fingerprint density at radius 2 is 2.00 bits per heavy atom. The number of nitrogens with zero attached hydrogens (tertiary/aromatic N) is 2. The monoisotopic (exact) mass is 312 g/mol. The van der Waals surface area contributed by atoms with Gasteiger partial charge in [-0.25, -0.2) is 0 Å². The summed E-state index contributed by atoms with van der Waals surface area (Å²) in [4.78, 5) is 12.4. The highest BCUT2D eigenvalue weighted by molar-refractivity contribution is 5.91. The van der Waals surface area contributed by atoms with Gasteiger partial charge >= 0.3 is 6.18 Å². The molecule has 0 bridgehead atoms. The first-order valence-corrected chi connectivity index (χ1v) is 6.96. The number of benzene rings is 1. The van der Waals surface area contributed by atoms with Crippen molar-refractivity contribution in [1.29, 1.82) is 0 Å². The average molecular weight is 312 g/mol. The predicted molar refractivity (Wildman–Crippen MR) is 72.9 cm³/mol. The number of hydrazone groups is 1. The van der Waals surface area contributed by atoms with Gasteiger partial charge < -0.3 is 5.11 Å². The van der Waals surface area contributed by atoms with Crippen molar-refractivity contribution < 1.29 is 23.1 Å². The van der Waals surface area contributed by atoms with Gasteiger partial charge in [-0.15, -0.1) is 0 Å². The lowest BCUT2D eigenvalue weighted by molar-refractivity contribution is -0.302. The second-order valence-electron chi connectivity index (χ2n) is 5.84. The number of carbonyl (C=O) groups is 1. The first-order valence-electron chi connectivity index (χ1n) is 6.96. The summed E-state index contributed by atoms with van der Waals surface area (Å²) in [6.45, 7) is 1.37. The van der Waals surface area contributed by atoms with E-state index in [1.165, 1.54) is 6.92 Å². The molecule has 3 atom stereocenters. The average Bonchev–Trinajstić information content (AvgIpc) is 3.18.